The van der Waals surface area contributed by atoms with Crippen LogP contribution in [0.15, 0.2) is 34.0 Å². The predicted octanol–water partition coefficient (Wildman–Crippen LogP) is 5.94. The van der Waals surface area contributed by atoms with Gasteiger partial charge in [0.05, 0.1) is 15.5 Å². The zero-order valence-corrected chi connectivity index (χ0v) is 20.0. The maximum atomic E-state index is 13.5. The van der Waals surface area contributed by atoms with Gasteiger partial charge in [0.1, 0.15) is 12.0 Å². The first-order valence-electron chi connectivity index (χ1n) is 11.0. The maximum Gasteiger partial charge on any atom is 0.368 e. The van der Waals surface area contributed by atoms with Crippen molar-refractivity contribution in [3.8, 4) is 5.75 Å². The molecule has 1 heterocycles. The fourth-order valence-corrected chi connectivity index (χ4v) is 6.89. The molecule has 0 saturated heterocycles. The molecule has 1 N–H and O–H groups in total. The zero-order valence-electron chi connectivity index (χ0n) is 18.4. The number of aliphatic carboxylic acids is 1. The second-order valence-corrected chi connectivity index (χ2v) is 11.0. The Kier molecular flexibility index (Phi) is 6.79. The molecule has 0 aromatic heterocycles. The van der Waals surface area contributed by atoms with Crippen molar-refractivity contribution in [1.82, 2.24) is 4.31 Å². The summed E-state index contributed by atoms with van der Waals surface area (Å²) in [4.78, 5) is 15.4. The van der Waals surface area contributed by atoms with Crippen LogP contribution in [0.3, 0.4) is 0 Å². The van der Waals surface area contributed by atoms with Gasteiger partial charge in [-0.3, -0.25) is 0 Å². The lowest BCUT2D eigenvalue weighted by atomic mass is 9.75. The molecule has 5 nitrogen and oxygen atoms in total. The molecule has 1 atom stereocenters. The number of fused-ring (bicyclic) bond motifs is 2. The standard InChI is InChI=1S/C23H31FN2O3S2/c1-4-5-6-16-13-26(23-8-7-15(11-23)12-23)18-9-21(30-3)19(10-20(18)31-25(16)2)29-14-17(24)22(27)28/h9-10,14-16H,4-8,11-13H2,1-3H3,(H,27,28)/b17-14-. The predicted molar refractivity (Wildman–Crippen MR) is 125 cm³/mol. The molecule has 1 aromatic carbocycles. The number of carboxylic acid groups (broad SMARTS) is 1. The maximum absolute atomic E-state index is 13.5. The van der Waals surface area contributed by atoms with E-state index < -0.39 is 11.8 Å². The Morgan fingerprint density at radius 1 is 1.45 bits per heavy atom. The molecule has 170 valence electrons. The minimum atomic E-state index is -1.63. The minimum absolute atomic E-state index is 0.267. The minimum Gasteiger partial charge on any atom is -0.476 e. The normalized spacial score (nSPS) is 28.1. The monoisotopic (exact) mass is 466 g/mol. The molecule has 0 amide bonds. The third kappa shape index (κ3) is 4.44. The Bertz CT molecular complexity index is 867. The number of nitrogens with zero attached hydrogens (tertiary/aromatic N) is 2. The Morgan fingerprint density at radius 3 is 2.84 bits per heavy atom. The van der Waals surface area contributed by atoms with Crippen LogP contribution in [0.1, 0.15) is 51.9 Å². The average Bonchev–Trinajstić information content (AvgIpc) is 3.30. The van der Waals surface area contributed by atoms with Gasteiger partial charge in [0.2, 0.25) is 5.83 Å². The summed E-state index contributed by atoms with van der Waals surface area (Å²) in [5, 5.41) is 8.79. The lowest BCUT2D eigenvalue weighted by Crippen LogP contribution is -2.55. The summed E-state index contributed by atoms with van der Waals surface area (Å²) in [7, 11) is 2.15. The van der Waals surface area contributed by atoms with Crippen LogP contribution >= 0.6 is 23.7 Å². The van der Waals surface area contributed by atoms with Gasteiger partial charge >= 0.3 is 5.97 Å². The molecule has 3 fully saturated rings. The van der Waals surface area contributed by atoms with Crippen LogP contribution in [0.25, 0.3) is 0 Å². The van der Waals surface area contributed by atoms with Gasteiger partial charge in [0.25, 0.3) is 0 Å². The molecule has 0 spiro atoms. The van der Waals surface area contributed by atoms with Crippen molar-refractivity contribution in [2.75, 3.05) is 24.7 Å². The van der Waals surface area contributed by atoms with Crippen molar-refractivity contribution in [2.24, 2.45) is 5.92 Å². The first kappa shape index (κ1) is 22.8. The first-order valence-corrected chi connectivity index (χ1v) is 13.0. The molecule has 31 heavy (non-hydrogen) atoms. The quantitative estimate of drug-likeness (QED) is 0.220. The molecule has 2 bridgehead atoms. The van der Waals surface area contributed by atoms with Gasteiger partial charge in [-0.05, 0) is 75.4 Å². The first-order chi connectivity index (χ1) is 14.9. The number of rotatable bonds is 8. The highest BCUT2D eigenvalue weighted by atomic mass is 32.2. The van der Waals surface area contributed by atoms with E-state index in [1.807, 2.05) is 12.3 Å². The van der Waals surface area contributed by atoms with E-state index in [0.717, 1.165) is 28.7 Å². The number of carbonyl (C=O) groups is 1. The number of likely N-dealkylation sites (N-methyl/N-ethyl adjacent to an activating group) is 1. The summed E-state index contributed by atoms with van der Waals surface area (Å²) in [6.07, 6.45) is 11.3. The Labute approximate surface area is 192 Å². The van der Waals surface area contributed by atoms with Crippen molar-refractivity contribution in [1.29, 1.82) is 0 Å². The molecular formula is C23H31FN2O3S2. The van der Waals surface area contributed by atoms with Gasteiger partial charge in [0.15, 0.2) is 0 Å². The highest BCUT2D eigenvalue weighted by Crippen LogP contribution is 2.58. The van der Waals surface area contributed by atoms with Crippen molar-refractivity contribution >= 4 is 35.4 Å². The molecule has 0 radical (unpaired) electrons. The van der Waals surface area contributed by atoms with E-state index in [9.17, 15) is 9.18 Å². The average molecular weight is 467 g/mol. The fraction of sp³-hybridized carbons (Fsp3) is 0.609. The van der Waals surface area contributed by atoms with Gasteiger partial charge in [-0.15, -0.1) is 11.8 Å². The van der Waals surface area contributed by atoms with Crippen molar-refractivity contribution in [3.63, 3.8) is 0 Å². The molecule has 5 rings (SSSR count). The summed E-state index contributed by atoms with van der Waals surface area (Å²) in [5.41, 5.74) is 1.50. The highest BCUT2D eigenvalue weighted by molar-refractivity contribution is 7.98. The molecular weight excluding hydrogens is 435 g/mol. The molecule has 8 heteroatoms. The summed E-state index contributed by atoms with van der Waals surface area (Å²) in [6, 6.07) is 4.56. The molecule has 1 aromatic rings. The van der Waals surface area contributed by atoms with Crippen LogP contribution in [0, 0.1) is 5.92 Å². The molecule has 3 aliphatic carbocycles. The van der Waals surface area contributed by atoms with Gasteiger partial charge in [-0.25, -0.2) is 9.10 Å². The third-order valence-electron chi connectivity index (χ3n) is 7.00. The van der Waals surface area contributed by atoms with E-state index in [-0.39, 0.29) is 5.54 Å². The number of halogens is 1. The van der Waals surface area contributed by atoms with Crippen LogP contribution < -0.4 is 9.64 Å². The number of carboxylic acids is 1. The second kappa shape index (κ2) is 9.24. The van der Waals surface area contributed by atoms with Crippen molar-refractivity contribution in [2.45, 2.75) is 73.2 Å². The number of unbranched alkanes of at least 4 members (excludes halogenated alkanes) is 1. The number of hydrogen-bond acceptors (Lipinski definition) is 6. The summed E-state index contributed by atoms with van der Waals surface area (Å²) in [5.74, 6) is -1.57. The number of anilines is 1. The lowest BCUT2D eigenvalue weighted by Gasteiger charge is -2.50. The number of benzene rings is 1. The van der Waals surface area contributed by atoms with Gasteiger partial charge in [-0.2, -0.15) is 4.39 Å². The smallest absolute Gasteiger partial charge is 0.368 e. The Balaban J connectivity index is 1.72. The molecule has 1 aliphatic heterocycles. The Morgan fingerprint density at radius 2 is 2.23 bits per heavy atom. The number of ether oxygens (including phenoxy) is 1. The van der Waals surface area contributed by atoms with Crippen LogP contribution in [-0.4, -0.2) is 46.8 Å². The largest absolute Gasteiger partial charge is 0.476 e. The van der Waals surface area contributed by atoms with Crippen LogP contribution in [-0.2, 0) is 4.79 Å². The third-order valence-corrected chi connectivity index (χ3v) is 8.87. The van der Waals surface area contributed by atoms with E-state index in [0.29, 0.717) is 18.1 Å². The summed E-state index contributed by atoms with van der Waals surface area (Å²) >= 11 is 3.25. The van der Waals surface area contributed by atoms with Gasteiger partial charge in [-0.1, -0.05) is 19.8 Å². The highest BCUT2D eigenvalue weighted by Gasteiger charge is 2.55. The van der Waals surface area contributed by atoms with Crippen LogP contribution in [0.2, 0.25) is 0 Å². The van der Waals surface area contributed by atoms with Crippen LogP contribution in [0.4, 0.5) is 10.1 Å². The molecule has 1 unspecified atom stereocenters. The number of thioether (sulfide) groups is 1. The topological polar surface area (TPSA) is 53.0 Å². The van der Waals surface area contributed by atoms with E-state index >= 15 is 0 Å². The zero-order chi connectivity index (χ0) is 22.2. The van der Waals surface area contributed by atoms with E-state index in [1.54, 1.807) is 11.9 Å². The van der Waals surface area contributed by atoms with Gasteiger partial charge in [0, 0.05) is 18.1 Å². The van der Waals surface area contributed by atoms with Crippen molar-refractivity contribution < 1.29 is 19.0 Å². The summed E-state index contributed by atoms with van der Waals surface area (Å²) in [6.45, 7) is 3.26. The Hall–Kier alpha value is -1.38. The molecule has 4 aliphatic rings. The van der Waals surface area contributed by atoms with E-state index in [2.05, 4.69) is 29.2 Å². The van der Waals surface area contributed by atoms with Crippen molar-refractivity contribution in [3.05, 3.63) is 24.2 Å². The summed E-state index contributed by atoms with van der Waals surface area (Å²) < 4.78 is 21.4. The van der Waals surface area contributed by atoms with E-state index in [4.69, 9.17) is 9.84 Å². The lowest BCUT2D eigenvalue weighted by molar-refractivity contribution is -0.134. The fourth-order valence-electron chi connectivity index (χ4n) is 5.30. The second-order valence-electron chi connectivity index (χ2n) is 8.94. The van der Waals surface area contributed by atoms with Crippen LogP contribution in [0.5, 0.6) is 5.75 Å². The van der Waals surface area contributed by atoms with E-state index in [1.165, 1.54) is 56.0 Å². The SMILES string of the molecule is CCCCC1CN(C23CCC(C2)C3)c2cc(SC)c(O/C=C(\F)C(=O)O)cc2SN1C. The number of hydrogen-bond donors (Lipinski definition) is 1. The van der Waals surface area contributed by atoms with Gasteiger partial charge < -0.3 is 14.7 Å². The molecule has 3 saturated carbocycles.